The van der Waals surface area contributed by atoms with Crippen LogP contribution in [0.2, 0.25) is 0 Å². The Morgan fingerprint density at radius 1 is 1.26 bits per heavy atom. The SMILES string of the molecule is O=C(Nc1ccon1)c1ccc(-n2cncn2)nn1. The zero-order chi connectivity index (χ0) is 13.1. The van der Waals surface area contributed by atoms with Gasteiger partial charge in [0, 0.05) is 6.07 Å². The molecule has 0 aromatic carbocycles. The lowest BCUT2D eigenvalue weighted by Gasteiger charge is -2.01. The number of hydrogen-bond acceptors (Lipinski definition) is 7. The molecule has 0 unspecified atom stereocenters. The minimum Gasteiger partial charge on any atom is -0.363 e. The van der Waals surface area contributed by atoms with Crippen LogP contribution in [0, 0.1) is 0 Å². The zero-order valence-corrected chi connectivity index (χ0v) is 9.46. The number of nitrogens with one attached hydrogen (secondary N) is 1. The molecule has 0 fully saturated rings. The third-order valence-electron chi connectivity index (χ3n) is 2.22. The van der Waals surface area contributed by atoms with Gasteiger partial charge in [-0.05, 0) is 12.1 Å². The molecular weight excluding hydrogens is 250 g/mol. The monoisotopic (exact) mass is 257 g/mol. The van der Waals surface area contributed by atoms with Gasteiger partial charge in [-0.25, -0.2) is 9.67 Å². The summed E-state index contributed by atoms with van der Waals surface area (Å²) in [6.45, 7) is 0. The van der Waals surface area contributed by atoms with Gasteiger partial charge in [0.1, 0.15) is 18.9 Å². The second-order valence-corrected chi connectivity index (χ2v) is 3.46. The van der Waals surface area contributed by atoms with E-state index in [1.807, 2.05) is 0 Å². The molecule has 0 aliphatic carbocycles. The minimum atomic E-state index is -0.424. The first-order valence-electron chi connectivity index (χ1n) is 5.23. The number of nitrogens with zero attached hydrogens (tertiary/aromatic N) is 6. The average molecular weight is 257 g/mol. The van der Waals surface area contributed by atoms with Gasteiger partial charge in [0.25, 0.3) is 5.91 Å². The van der Waals surface area contributed by atoms with E-state index in [0.717, 1.165) is 0 Å². The topological polar surface area (TPSA) is 112 Å². The highest BCUT2D eigenvalue weighted by atomic mass is 16.5. The number of amides is 1. The smallest absolute Gasteiger partial charge is 0.277 e. The predicted molar refractivity (Wildman–Crippen MR) is 61.4 cm³/mol. The first-order chi connectivity index (χ1) is 9.33. The van der Waals surface area contributed by atoms with Gasteiger partial charge in [0.2, 0.25) is 0 Å². The predicted octanol–water partition coefficient (Wildman–Crippen LogP) is 0.298. The Bertz CT molecular complexity index is 660. The Kier molecular flexibility index (Phi) is 2.69. The minimum absolute atomic E-state index is 0.159. The lowest BCUT2D eigenvalue weighted by Crippen LogP contribution is -2.15. The molecule has 3 heterocycles. The number of aromatic nitrogens is 6. The third-order valence-corrected chi connectivity index (χ3v) is 2.22. The molecule has 0 atom stereocenters. The maximum atomic E-state index is 11.8. The van der Waals surface area contributed by atoms with Crippen LogP contribution < -0.4 is 5.32 Å². The second kappa shape index (κ2) is 4.64. The molecule has 0 radical (unpaired) electrons. The van der Waals surface area contributed by atoms with Gasteiger partial charge in [0.15, 0.2) is 17.3 Å². The fourth-order valence-electron chi connectivity index (χ4n) is 1.35. The molecule has 0 saturated heterocycles. The Labute approximate surface area is 106 Å². The lowest BCUT2D eigenvalue weighted by atomic mass is 10.3. The lowest BCUT2D eigenvalue weighted by molar-refractivity contribution is 0.102. The van der Waals surface area contributed by atoms with E-state index in [4.69, 9.17) is 0 Å². The average Bonchev–Trinajstić information content (AvgIpc) is 3.12. The van der Waals surface area contributed by atoms with E-state index in [2.05, 4.69) is 35.3 Å². The summed E-state index contributed by atoms with van der Waals surface area (Å²) < 4.78 is 6.04. The van der Waals surface area contributed by atoms with Gasteiger partial charge in [-0.2, -0.15) is 5.10 Å². The van der Waals surface area contributed by atoms with Gasteiger partial charge in [-0.15, -0.1) is 10.2 Å². The summed E-state index contributed by atoms with van der Waals surface area (Å²) >= 11 is 0. The molecule has 0 aliphatic rings. The van der Waals surface area contributed by atoms with Crippen LogP contribution in [0.25, 0.3) is 5.82 Å². The van der Waals surface area contributed by atoms with Crippen molar-refractivity contribution < 1.29 is 9.32 Å². The second-order valence-electron chi connectivity index (χ2n) is 3.46. The van der Waals surface area contributed by atoms with Crippen LogP contribution in [0.15, 0.2) is 41.6 Å². The molecular formula is C10H7N7O2. The molecule has 9 heteroatoms. The van der Waals surface area contributed by atoms with Crippen molar-refractivity contribution in [3.05, 3.63) is 42.8 Å². The van der Waals surface area contributed by atoms with E-state index < -0.39 is 5.91 Å². The van der Waals surface area contributed by atoms with Crippen molar-refractivity contribution in [1.82, 2.24) is 30.1 Å². The Morgan fingerprint density at radius 3 is 2.84 bits per heavy atom. The summed E-state index contributed by atoms with van der Waals surface area (Å²) in [5.74, 6) is 0.356. The van der Waals surface area contributed by atoms with E-state index in [-0.39, 0.29) is 5.69 Å². The maximum absolute atomic E-state index is 11.8. The van der Waals surface area contributed by atoms with Crippen LogP contribution in [-0.2, 0) is 0 Å². The van der Waals surface area contributed by atoms with Gasteiger partial charge in [-0.3, -0.25) is 4.79 Å². The Balaban J connectivity index is 1.77. The summed E-state index contributed by atoms with van der Waals surface area (Å²) in [4.78, 5) is 15.6. The molecule has 94 valence electrons. The zero-order valence-electron chi connectivity index (χ0n) is 9.46. The first kappa shape index (κ1) is 11.0. The fraction of sp³-hybridized carbons (Fsp3) is 0. The van der Waals surface area contributed by atoms with E-state index in [9.17, 15) is 4.79 Å². The van der Waals surface area contributed by atoms with E-state index >= 15 is 0 Å². The standard InChI is InChI=1S/C10H7N7O2/c18-10(13-8-3-4-19-16-8)7-1-2-9(15-14-7)17-6-11-5-12-17/h1-6H,(H,13,16,18). The molecule has 1 amide bonds. The van der Waals surface area contributed by atoms with Gasteiger partial charge < -0.3 is 9.84 Å². The molecule has 3 aromatic heterocycles. The molecule has 3 aromatic rings. The van der Waals surface area contributed by atoms with Crippen molar-refractivity contribution in [2.45, 2.75) is 0 Å². The van der Waals surface area contributed by atoms with Crippen LogP contribution in [0.1, 0.15) is 10.5 Å². The molecule has 3 rings (SSSR count). The molecule has 9 nitrogen and oxygen atoms in total. The molecule has 0 aliphatic heterocycles. The van der Waals surface area contributed by atoms with Crippen LogP contribution >= 0.6 is 0 Å². The number of carbonyl (C=O) groups is 1. The number of anilines is 1. The molecule has 19 heavy (non-hydrogen) atoms. The van der Waals surface area contributed by atoms with Crippen LogP contribution in [-0.4, -0.2) is 36.0 Å². The Morgan fingerprint density at radius 2 is 2.21 bits per heavy atom. The normalized spacial score (nSPS) is 10.3. The largest absolute Gasteiger partial charge is 0.363 e. The highest BCUT2D eigenvalue weighted by Gasteiger charge is 2.10. The van der Waals surface area contributed by atoms with E-state index in [1.54, 1.807) is 6.07 Å². The van der Waals surface area contributed by atoms with Crippen LogP contribution in [0.3, 0.4) is 0 Å². The van der Waals surface area contributed by atoms with E-state index in [1.165, 1.54) is 35.7 Å². The molecule has 1 N–H and O–H groups in total. The van der Waals surface area contributed by atoms with Crippen molar-refractivity contribution >= 4 is 11.7 Å². The highest BCUT2D eigenvalue weighted by molar-refractivity contribution is 6.02. The van der Waals surface area contributed by atoms with Crippen LogP contribution in [0.4, 0.5) is 5.82 Å². The molecule has 0 spiro atoms. The summed E-state index contributed by atoms with van der Waals surface area (Å²) in [6, 6.07) is 4.66. The Hall–Kier alpha value is -3.10. The molecule has 0 saturated carbocycles. The van der Waals surface area contributed by atoms with Crippen molar-refractivity contribution in [3.8, 4) is 5.82 Å². The van der Waals surface area contributed by atoms with Crippen molar-refractivity contribution in [3.63, 3.8) is 0 Å². The number of carbonyl (C=O) groups excluding carboxylic acids is 1. The van der Waals surface area contributed by atoms with Crippen molar-refractivity contribution in [1.29, 1.82) is 0 Å². The molecule has 0 bridgehead atoms. The van der Waals surface area contributed by atoms with Gasteiger partial charge in [0.05, 0.1) is 0 Å². The number of rotatable bonds is 3. The summed E-state index contributed by atoms with van der Waals surface area (Å²) in [5, 5.41) is 17.7. The van der Waals surface area contributed by atoms with Crippen molar-refractivity contribution in [2.75, 3.05) is 5.32 Å². The van der Waals surface area contributed by atoms with Crippen LogP contribution in [0.5, 0.6) is 0 Å². The highest BCUT2D eigenvalue weighted by Crippen LogP contribution is 2.05. The third kappa shape index (κ3) is 2.29. The van der Waals surface area contributed by atoms with Gasteiger partial charge in [-0.1, -0.05) is 5.16 Å². The first-order valence-corrected chi connectivity index (χ1v) is 5.23. The maximum Gasteiger partial charge on any atom is 0.277 e. The number of hydrogen-bond donors (Lipinski definition) is 1. The summed E-state index contributed by atoms with van der Waals surface area (Å²) in [7, 11) is 0. The fourth-order valence-corrected chi connectivity index (χ4v) is 1.35. The van der Waals surface area contributed by atoms with Gasteiger partial charge >= 0.3 is 0 Å². The van der Waals surface area contributed by atoms with E-state index in [0.29, 0.717) is 11.6 Å². The quantitative estimate of drug-likeness (QED) is 0.717. The summed E-state index contributed by atoms with van der Waals surface area (Å²) in [6.07, 6.45) is 4.22. The van der Waals surface area contributed by atoms with Crippen molar-refractivity contribution in [2.24, 2.45) is 0 Å². The summed E-state index contributed by atoms with van der Waals surface area (Å²) in [5.41, 5.74) is 0.159.